The van der Waals surface area contributed by atoms with E-state index in [1.165, 1.54) is 6.08 Å². The Bertz CT molecular complexity index is 517. The van der Waals surface area contributed by atoms with E-state index >= 15 is 0 Å². The number of allylic oxidation sites excluding steroid dienone is 1. The molecule has 1 rings (SSSR count). The maximum Gasteiger partial charge on any atom is 0.130 e. The van der Waals surface area contributed by atoms with Crippen LogP contribution in [0.1, 0.15) is 16.7 Å². The van der Waals surface area contributed by atoms with Crippen molar-refractivity contribution in [2.24, 2.45) is 0 Å². The Hall–Kier alpha value is -2.57. The van der Waals surface area contributed by atoms with E-state index in [1.807, 2.05) is 6.92 Å². The number of hydrogen-bond donors (Lipinski definition) is 0. The molecule has 0 fully saturated rings. The van der Waals surface area contributed by atoms with Gasteiger partial charge in [0.25, 0.3) is 0 Å². The number of nitriles is 3. The topological polar surface area (TPSA) is 71.4 Å². The molecule has 0 amide bonds. The number of rotatable bonds is 1. The maximum absolute atomic E-state index is 8.71. The van der Waals surface area contributed by atoms with Crippen molar-refractivity contribution in [1.29, 1.82) is 15.8 Å². The predicted molar refractivity (Wildman–Crippen MR) is 55.1 cm³/mol. The van der Waals surface area contributed by atoms with E-state index in [2.05, 4.69) is 6.07 Å². The van der Waals surface area contributed by atoms with Crippen LogP contribution in [0.4, 0.5) is 0 Å². The third-order valence-corrected chi connectivity index (χ3v) is 1.92. The molecule has 0 bridgehead atoms. The van der Waals surface area contributed by atoms with Gasteiger partial charge in [0, 0.05) is 0 Å². The lowest BCUT2D eigenvalue weighted by atomic mass is 10.0. The molecule has 1 aromatic rings. The second kappa shape index (κ2) is 4.61. The molecule has 70 valence electrons. The Morgan fingerprint density at radius 2 is 1.87 bits per heavy atom. The minimum Gasteiger partial charge on any atom is -0.192 e. The van der Waals surface area contributed by atoms with Crippen LogP contribution in [0, 0.1) is 40.9 Å². The van der Waals surface area contributed by atoms with Crippen LogP contribution < -0.4 is 0 Å². The van der Waals surface area contributed by atoms with E-state index in [9.17, 15) is 0 Å². The SMILES string of the molecule is Cc1cc(C=C(C#N)C#N)ccc1C#N. The van der Waals surface area contributed by atoms with Gasteiger partial charge in [-0.15, -0.1) is 0 Å². The summed E-state index contributed by atoms with van der Waals surface area (Å²) >= 11 is 0. The smallest absolute Gasteiger partial charge is 0.130 e. The lowest BCUT2D eigenvalue weighted by molar-refractivity contribution is 1.38. The van der Waals surface area contributed by atoms with Crippen molar-refractivity contribution in [2.45, 2.75) is 6.92 Å². The summed E-state index contributed by atoms with van der Waals surface area (Å²) in [5.74, 6) is 0. The fourth-order valence-corrected chi connectivity index (χ4v) is 1.16. The molecule has 1 aromatic carbocycles. The summed E-state index contributed by atoms with van der Waals surface area (Å²) in [5, 5.41) is 25.8. The first-order valence-electron chi connectivity index (χ1n) is 4.24. The van der Waals surface area contributed by atoms with E-state index in [0.29, 0.717) is 5.56 Å². The second-order valence-electron chi connectivity index (χ2n) is 2.97. The van der Waals surface area contributed by atoms with E-state index in [1.54, 1.807) is 30.3 Å². The first-order chi connectivity index (χ1) is 7.21. The van der Waals surface area contributed by atoms with Gasteiger partial charge < -0.3 is 0 Å². The molecule has 0 aliphatic heterocycles. The standard InChI is InChI=1S/C12H7N3/c1-9-4-10(2-3-12(9)8-15)5-11(6-13)7-14/h2-5H,1H3. The molecular weight excluding hydrogens is 186 g/mol. The van der Waals surface area contributed by atoms with Crippen LogP contribution in [0.15, 0.2) is 23.8 Å². The van der Waals surface area contributed by atoms with Crippen molar-refractivity contribution in [3.8, 4) is 18.2 Å². The number of aryl methyl sites for hydroxylation is 1. The minimum absolute atomic E-state index is 0.0547. The monoisotopic (exact) mass is 193 g/mol. The van der Waals surface area contributed by atoms with Crippen molar-refractivity contribution in [1.82, 2.24) is 0 Å². The van der Waals surface area contributed by atoms with Crippen LogP contribution in [0.5, 0.6) is 0 Å². The van der Waals surface area contributed by atoms with E-state index in [0.717, 1.165) is 11.1 Å². The number of benzene rings is 1. The van der Waals surface area contributed by atoms with Crippen LogP contribution in [0.3, 0.4) is 0 Å². The third kappa shape index (κ3) is 2.44. The summed E-state index contributed by atoms with van der Waals surface area (Å²) in [6.07, 6.45) is 1.49. The fraction of sp³-hybridized carbons (Fsp3) is 0.0833. The summed E-state index contributed by atoms with van der Waals surface area (Å²) in [7, 11) is 0. The van der Waals surface area contributed by atoms with Gasteiger partial charge >= 0.3 is 0 Å². The molecule has 0 saturated carbocycles. The molecule has 0 radical (unpaired) electrons. The second-order valence-corrected chi connectivity index (χ2v) is 2.97. The average molecular weight is 193 g/mol. The van der Waals surface area contributed by atoms with Gasteiger partial charge in [-0.25, -0.2) is 0 Å². The molecule has 0 N–H and O–H groups in total. The number of hydrogen-bond acceptors (Lipinski definition) is 3. The van der Waals surface area contributed by atoms with Gasteiger partial charge in [0.2, 0.25) is 0 Å². The highest BCUT2D eigenvalue weighted by atomic mass is 14.3. The maximum atomic E-state index is 8.71. The number of nitrogens with zero attached hydrogens (tertiary/aromatic N) is 3. The van der Waals surface area contributed by atoms with Crippen molar-refractivity contribution >= 4 is 6.08 Å². The molecule has 3 nitrogen and oxygen atoms in total. The van der Waals surface area contributed by atoms with Gasteiger partial charge in [0.1, 0.15) is 17.7 Å². The summed E-state index contributed by atoms with van der Waals surface area (Å²) in [6, 6.07) is 10.8. The van der Waals surface area contributed by atoms with Crippen LogP contribution >= 0.6 is 0 Å². The summed E-state index contributed by atoms with van der Waals surface area (Å²) in [4.78, 5) is 0. The van der Waals surface area contributed by atoms with Gasteiger partial charge in [0.05, 0.1) is 11.6 Å². The van der Waals surface area contributed by atoms with Crippen LogP contribution in [0.25, 0.3) is 6.08 Å². The van der Waals surface area contributed by atoms with Gasteiger partial charge in [-0.2, -0.15) is 15.8 Å². The molecule has 0 heterocycles. The van der Waals surface area contributed by atoms with Gasteiger partial charge in [-0.3, -0.25) is 0 Å². The lowest BCUT2D eigenvalue weighted by Gasteiger charge is -1.98. The van der Waals surface area contributed by atoms with E-state index in [4.69, 9.17) is 15.8 Å². The van der Waals surface area contributed by atoms with E-state index in [-0.39, 0.29) is 5.57 Å². The zero-order valence-electron chi connectivity index (χ0n) is 8.15. The molecule has 0 saturated heterocycles. The normalized spacial score (nSPS) is 8.13. The highest BCUT2D eigenvalue weighted by Gasteiger charge is 1.98. The van der Waals surface area contributed by atoms with Crippen LogP contribution in [0.2, 0.25) is 0 Å². The summed E-state index contributed by atoms with van der Waals surface area (Å²) in [6.45, 7) is 1.81. The zero-order valence-corrected chi connectivity index (χ0v) is 8.15. The van der Waals surface area contributed by atoms with Gasteiger partial charge in [-0.1, -0.05) is 12.1 Å². The Kier molecular flexibility index (Phi) is 3.23. The Balaban J connectivity index is 3.18. The van der Waals surface area contributed by atoms with Crippen molar-refractivity contribution in [3.63, 3.8) is 0 Å². The summed E-state index contributed by atoms with van der Waals surface area (Å²) in [5.41, 5.74) is 2.24. The molecule has 0 spiro atoms. The quantitative estimate of drug-likeness (QED) is 0.642. The molecule has 0 aliphatic rings. The minimum atomic E-state index is 0.0547. The first kappa shape index (κ1) is 10.5. The lowest BCUT2D eigenvalue weighted by Crippen LogP contribution is -1.83. The van der Waals surface area contributed by atoms with Crippen LogP contribution in [-0.2, 0) is 0 Å². The highest BCUT2D eigenvalue weighted by Crippen LogP contribution is 2.12. The zero-order chi connectivity index (χ0) is 11.3. The van der Waals surface area contributed by atoms with Crippen molar-refractivity contribution in [2.75, 3.05) is 0 Å². The largest absolute Gasteiger partial charge is 0.192 e. The highest BCUT2D eigenvalue weighted by molar-refractivity contribution is 5.63. The molecular formula is C12H7N3. The average Bonchev–Trinajstić information content (AvgIpc) is 2.26. The summed E-state index contributed by atoms with van der Waals surface area (Å²) < 4.78 is 0. The molecule has 3 heteroatoms. The van der Waals surface area contributed by atoms with E-state index < -0.39 is 0 Å². The van der Waals surface area contributed by atoms with Gasteiger partial charge in [-0.05, 0) is 30.2 Å². The molecule has 0 atom stereocenters. The third-order valence-electron chi connectivity index (χ3n) is 1.92. The predicted octanol–water partition coefficient (Wildman–Crippen LogP) is 2.30. The van der Waals surface area contributed by atoms with Gasteiger partial charge in [0.15, 0.2) is 0 Å². The Morgan fingerprint density at radius 3 is 2.33 bits per heavy atom. The molecule has 0 aromatic heterocycles. The first-order valence-corrected chi connectivity index (χ1v) is 4.24. The molecule has 15 heavy (non-hydrogen) atoms. The Labute approximate surface area is 88.1 Å². The Morgan fingerprint density at radius 1 is 1.20 bits per heavy atom. The van der Waals surface area contributed by atoms with Crippen LogP contribution in [-0.4, -0.2) is 0 Å². The van der Waals surface area contributed by atoms with Crippen molar-refractivity contribution in [3.05, 3.63) is 40.5 Å². The van der Waals surface area contributed by atoms with Crippen molar-refractivity contribution < 1.29 is 0 Å². The molecule has 0 aliphatic carbocycles. The fourth-order valence-electron chi connectivity index (χ4n) is 1.16. The molecule has 0 unspecified atom stereocenters.